The molecule has 2 aromatic rings. The van der Waals surface area contributed by atoms with Gasteiger partial charge in [0.25, 0.3) is 5.91 Å². The number of hydrogen-bond donors (Lipinski definition) is 1. The number of aromatic nitrogens is 1. The maximum Gasteiger partial charge on any atom is 0.416 e. The molecule has 0 saturated heterocycles. The lowest BCUT2D eigenvalue weighted by atomic mass is 9.98. The third kappa shape index (κ3) is 4.56. The predicted octanol–water partition coefficient (Wildman–Crippen LogP) is 4.43. The van der Waals surface area contributed by atoms with Crippen LogP contribution in [-0.2, 0) is 18.0 Å². The molecular weight excluding hydrogens is 337 g/mol. The zero-order valence-electron chi connectivity index (χ0n) is 13.7. The second-order valence-corrected chi connectivity index (χ2v) is 7.47. The zero-order chi connectivity index (χ0) is 18.0. The first-order valence-electron chi connectivity index (χ1n) is 7.48. The highest BCUT2D eigenvalue weighted by molar-refractivity contribution is 7.13. The molecule has 0 aliphatic carbocycles. The summed E-state index contributed by atoms with van der Waals surface area (Å²) in [5, 5.41) is 3.50. The van der Waals surface area contributed by atoms with Gasteiger partial charge in [0.15, 0.2) is 0 Å². The van der Waals surface area contributed by atoms with E-state index in [2.05, 4.69) is 10.3 Å². The zero-order valence-corrected chi connectivity index (χ0v) is 14.5. The standard InChI is InChI=1S/C17H19F3N2OS/c1-16(2,3)15-22-10-13(24-15)14(23)21-9-8-11-6-4-5-7-12(11)17(18,19)20/h4-7,10H,8-9H2,1-3H3,(H,21,23). The summed E-state index contributed by atoms with van der Waals surface area (Å²) >= 11 is 1.30. The van der Waals surface area contributed by atoms with Crippen LogP contribution in [0.2, 0.25) is 0 Å². The van der Waals surface area contributed by atoms with Gasteiger partial charge in [-0.25, -0.2) is 4.98 Å². The summed E-state index contributed by atoms with van der Waals surface area (Å²) in [6.45, 7) is 6.14. The Labute approximate surface area is 142 Å². The second-order valence-electron chi connectivity index (χ2n) is 6.44. The van der Waals surface area contributed by atoms with Crippen molar-refractivity contribution < 1.29 is 18.0 Å². The molecule has 0 bridgehead atoms. The number of alkyl halides is 3. The Morgan fingerprint density at radius 1 is 1.21 bits per heavy atom. The van der Waals surface area contributed by atoms with Crippen LogP contribution in [0.3, 0.4) is 0 Å². The van der Waals surface area contributed by atoms with Gasteiger partial charge in [-0.3, -0.25) is 4.79 Å². The normalized spacial score (nSPS) is 12.2. The van der Waals surface area contributed by atoms with Crippen molar-refractivity contribution in [2.24, 2.45) is 0 Å². The molecule has 0 aliphatic heterocycles. The Kier molecular flexibility index (Phi) is 5.32. The fourth-order valence-electron chi connectivity index (χ4n) is 2.14. The molecule has 0 atom stereocenters. The van der Waals surface area contributed by atoms with Crippen molar-refractivity contribution in [3.8, 4) is 0 Å². The van der Waals surface area contributed by atoms with Crippen LogP contribution in [0.1, 0.15) is 46.6 Å². The molecule has 7 heteroatoms. The van der Waals surface area contributed by atoms with E-state index in [9.17, 15) is 18.0 Å². The highest BCUT2D eigenvalue weighted by Crippen LogP contribution is 2.32. The minimum atomic E-state index is -4.39. The molecule has 2 rings (SSSR count). The average molecular weight is 356 g/mol. The lowest BCUT2D eigenvalue weighted by molar-refractivity contribution is -0.138. The lowest BCUT2D eigenvalue weighted by Crippen LogP contribution is -2.25. The summed E-state index contributed by atoms with van der Waals surface area (Å²) < 4.78 is 38.8. The molecule has 1 amide bonds. The van der Waals surface area contributed by atoms with E-state index in [0.717, 1.165) is 11.1 Å². The minimum absolute atomic E-state index is 0.117. The molecular formula is C17H19F3N2OS. The molecule has 0 saturated carbocycles. The molecule has 0 aliphatic rings. The Bertz CT molecular complexity index is 717. The molecule has 130 valence electrons. The maximum atomic E-state index is 12.9. The van der Waals surface area contributed by atoms with Gasteiger partial charge in [0.2, 0.25) is 0 Å². The fourth-order valence-corrected chi connectivity index (χ4v) is 3.03. The molecule has 1 heterocycles. The van der Waals surface area contributed by atoms with E-state index < -0.39 is 11.7 Å². The Hall–Kier alpha value is -1.89. The van der Waals surface area contributed by atoms with E-state index in [0.29, 0.717) is 4.88 Å². The number of nitrogens with one attached hydrogen (secondary N) is 1. The Balaban J connectivity index is 1.98. The van der Waals surface area contributed by atoms with E-state index in [-0.39, 0.29) is 29.9 Å². The molecule has 3 nitrogen and oxygen atoms in total. The van der Waals surface area contributed by atoms with E-state index in [1.807, 2.05) is 20.8 Å². The number of nitrogens with zero attached hydrogens (tertiary/aromatic N) is 1. The summed E-state index contributed by atoms with van der Waals surface area (Å²) in [6, 6.07) is 5.40. The van der Waals surface area contributed by atoms with Crippen LogP contribution in [0.15, 0.2) is 30.5 Å². The van der Waals surface area contributed by atoms with E-state index in [4.69, 9.17) is 0 Å². The maximum absolute atomic E-state index is 12.9. The summed E-state index contributed by atoms with van der Waals surface area (Å²) in [4.78, 5) is 16.8. The van der Waals surface area contributed by atoms with Crippen LogP contribution in [-0.4, -0.2) is 17.4 Å². The SMILES string of the molecule is CC(C)(C)c1ncc(C(=O)NCCc2ccccc2C(F)(F)F)s1. The molecule has 0 spiro atoms. The quantitative estimate of drug-likeness (QED) is 0.880. The molecule has 1 aromatic heterocycles. The van der Waals surface area contributed by atoms with Crippen LogP contribution in [0, 0.1) is 0 Å². The smallest absolute Gasteiger partial charge is 0.351 e. The number of halogens is 3. The van der Waals surface area contributed by atoms with E-state index in [1.54, 1.807) is 6.07 Å². The van der Waals surface area contributed by atoms with Crippen LogP contribution < -0.4 is 5.32 Å². The minimum Gasteiger partial charge on any atom is -0.351 e. The average Bonchev–Trinajstić information content (AvgIpc) is 2.96. The molecule has 1 N–H and O–H groups in total. The Morgan fingerprint density at radius 3 is 2.46 bits per heavy atom. The number of carbonyl (C=O) groups is 1. The van der Waals surface area contributed by atoms with Gasteiger partial charge < -0.3 is 5.32 Å². The van der Waals surface area contributed by atoms with Crippen LogP contribution >= 0.6 is 11.3 Å². The third-order valence-electron chi connectivity index (χ3n) is 3.37. The van der Waals surface area contributed by atoms with Gasteiger partial charge in [-0.15, -0.1) is 11.3 Å². The van der Waals surface area contributed by atoms with Crippen LogP contribution in [0.5, 0.6) is 0 Å². The van der Waals surface area contributed by atoms with Crippen molar-refractivity contribution in [1.82, 2.24) is 10.3 Å². The third-order valence-corrected chi connectivity index (χ3v) is 4.80. The predicted molar refractivity (Wildman–Crippen MR) is 88.3 cm³/mol. The largest absolute Gasteiger partial charge is 0.416 e. The first kappa shape index (κ1) is 18.4. The van der Waals surface area contributed by atoms with Crippen molar-refractivity contribution in [3.05, 3.63) is 51.5 Å². The highest BCUT2D eigenvalue weighted by atomic mass is 32.1. The number of benzene rings is 1. The molecule has 24 heavy (non-hydrogen) atoms. The number of amides is 1. The monoisotopic (exact) mass is 356 g/mol. The lowest BCUT2D eigenvalue weighted by Gasteiger charge is -2.13. The van der Waals surface area contributed by atoms with Gasteiger partial charge in [0.1, 0.15) is 4.88 Å². The number of thiazole rings is 1. The van der Waals surface area contributed by atoms with Crippen molar-refractivity contribution in [2.75, 3.05) is 6.54 Å². The second kappa shape index (κ2) is 6.93. The first-order valence-corrected chi connectivity index (χ1v) is 8.30. The number of hydrogen-bond acceptors (Lipinski definition) is 3. The first-order chi connectivity index (χ1) is 11.1. The van der Waals surface area contributed by atoms with Crippen molar-refractivity contribution in [3.63, 3.8) is 0 Å². The van der Waals surface area contributed by atoms with Crippen molar-refractivity contribution in [2.45, 2.75) is 38.8 Å². The van der Waals surface area contributed by atoms with Gasteiger partial charge in [-0.2, -0.15) is 13.2 Å². The van der Waals surface area contributed by atoms with Crippen molar-refractivity contribution in [1.29, 1.82) is 0 Å². The summed E-state index contributed by atoms with van der Waals surface area (Å²) in [5.41, 5.74) is -0.633. The molecule has 0 fully saturated rings. The summed E-state index contributed by atoms with van der Waals surface area (Å²) in [7, 11) is 0. The van der Waals surface area contributed by atoms with Gasteiger partial charge in [-0.05, 0) is 18.1 Å². The topological polar surface area (TPSA) is 42.0 Å². The Morgan fingerprint density at radius 2 is 1.88 bits per heavy atom. The van der Waals surface area contributed by atoms with Gasteiger partial charge in [-0.1, -0.05) is 39.0 Å². The van der Waals surface area contributed by atoms with Gasteiger partial charge in [0.05, 0.1) is 16.8 Å². The molecule has 1 aromatic carbocycles. The van der Waals surface area contributed by atoms with Crippen LogP contribution in [0.25, 0.3) is 0 Å². The van der Waals surface area contributed by atoms with Gasteiger partial charge in [0, 0.05) is 12.0 Å². The highest BCUT2D eigenvalue weighted by Gasteiger charge is 2.32. The van der Waals surface area contributed by atoms with Crippen molar-refractivity contribution >= 4 is 17.2 Å². The van der Waals surface area contributed by atoms with E-state index in [1.165, 1.54) is 29.7 Å². The fraction of sp³-hybridized carbons (Fsp3) is 0.412. The summed E-state index contributed by atoms with van der Waals surface area (Å²) in [6.07, 6.45) is -2.77. The summed E-state index contributed by atoms with van der Waals surface area (Å²) in [5.74, 6) is -0.313. The van der Waals surface area contributed by atoms with Crippen LogP contribution in [0.4, 0.5) is 13.2 Å². The number of rotatable bonds is 4. The van der Waals surface area contributed by atoms with Gasteiger partial charge >= 0.3 is 6.18 Å². The van der Waals surface area contributed by atoms with E-state index >= 15 is 0 Å². The molecule has 0 unspecified atom stereocenters. The number of carbonyl (C=O) groups excluding carboxylic acids is 1. The molecule has 0 radical (unpaired) electrons.